The first-order valence-electron chi connectivity index (χ1n) is 3.10. The molecule has 0 atom stereocenters. The molecule has 61 valence electrons. The molecule has 2 amide bonds. The fourth-order valence-electron chi connectivity index (χ4n) is 0.633. The highest BCUT2D eigenvalue weighted by molar-refractivity contribution is 6.00. The van der Waals surface area contributed by atoms with E-state index >= 15 is 0 Å². The van der Waals surface area contributed by atoms with E-state index in [1.165, 1.54) is 12.3 Å². The van der Waals surface area contributed by atoms with Gasteiger partial charge in [-0.15, -0.1) is 5.32 Å². The van der Waals surface area contributed by atoms with E-state index in [1.54, 1.807) is 12.1 Å². The van der Waals surface area contributed by atoms with Crippen molar-refractivity contribution in [2.75, 3.05) is 0 Å². The quantitative estimate of drug-likeness (QED) is 0.657. The van der Waals surface area contributed by atoms with Crippen molar-refractivity contribution in [2.24, 2.45) is 0 Å². The van der Waals surface area contributed by atoms with Crippen LogP contribution in [0.1, 0.15) is 10.5 Å². The van der Waals surface area contributed by atoms with Crippen LogP contribution in [0.5, 0.6) is 0 Å². The molecule has 1 N–H and O–H groups in total. The molecule has 1 radical (unpaired) electrons. The number of hydrogen-bond donors (Lipinski definition) is 1. The van der Waals surface area contributed by atoms with Crippen LogP contribution in [0.2, 0.25) is 0 Å². The smallest absolute Gasteiger partial charge is 0.434 e. The number of imide groups is 1. The van der Waals surface area contributed by atoms with E-state index in [-0.39, 0.29) is 5.69 Å². The van der Waals surface area contributed by atoms with Gasteiger partial charge in [0.15, 0.2) is 0 Å². The largest absolute Gasteiger partial charge is 0.463 e. The van der Waals surface area contributed by atoms with Crippen LogP contribution in [0.4, 0.5) is 4.79 Å². The zero-order chi connectivity index (χ0) is 8.97. The molecule has 12 heavy (non-hydrogen) atoms. The highest BCUT2D eigenvalue weighted by Crippen LogP contribution is 1.92. The maximum Gasteiger partial charge on any atom is 0.434 e. The van der Waals surface area contributed by atoms with Gasteiger partial charge < -0.3 is 5.11 Å². The normalized spacial score (nSPS) is 9.00. The Kier molecular flexibility index (Phi) is 2.37. The van der Waals surface area contributed by atoms with Gasteiger partial charge in [0, 0.05) is 6.20 Å². The summed E-state index contributed by atoms with van der Waals surface area (Å²) in [5.74, 6) is -0.844. The number of carbonyl (C=O) groups excluding carboxylic acids is 1. The summed E-state index contributed by atoms with van der Waals surface area (Å²) in [6.45, 7) is 0. The molecular weight excluding hydrogens is 160 g/mol. The van der Waals surface area contributed by atoms with Crippen molar-refractivity contribution < 1.29 is 14.7 Å². The molecule has 0 fully saturated rings. The monoisotopic (exact) mass is 165 g/mol. The first-order valence-corrected chi connectivity index (χ1v) is 3.10. The van der Waals surface area contributed by atoms with Gasteiger partial charge in [0.2, 0.25) is 0 Å². The van der Waals surface area contributed by atoms with Gasteiger partial charge in [-0.3, -0.25) is 9.78 Å². The highest BCUT2D eigenvalue weighted by Gasteiger charge is 2.11. The van der Waals surface area contributed by atoms with Crippen molar-refractivity contribution in [2.45, 2.75) is 0 Å². The number of aromatic nitrogens is 1. The Hall–Kier alpha value is -1.91. The van der Waals surface area contributed by atoms with E-state index in [2.05, 4.69) is 10.3 Å². The molecule has 0 aromatic carbocycles. The number of hydrogen-bond acceptors (Lipinski definition) is 3. The average molecular weight is 165 g/mol. The second-order valence-electron chi connectivity index (χ2n) is 1.91. The summed E-state index contributed by atoms with van der Waals surface area (Å²) in [5.41, 5.74) is 0.0277. The second-order valence-corrected chi connectivity index (χ2v) is 1.91. The lowest BCUT2D eigenvalue weighted by Crippen LogP contribution is -2.21. The molecule has 0 aliphatic rings. The van der Waals surface area contributed by atoms with Crippen LogP contribution in [-0.4, -0.2) is 22.1 Å². The Bertz CT molecular complexity index is 297. The summed E-state index contributed by atoms with van der Waals surface area (Å²) in [4.78, 5) is 24.4. The molecule has 0 bridgehead atoms. The minimum atomic E-state index is -1.51. The molecule has 5 heteroatoms. The second kappa shape index (κ2) is 3.47. The third-order valence-electron chi connectivity index (χ3n) is 1.08. The lowest BCUT2D eigenvalue weighted by atomic mass is 10.3. The van der Waals surface area contributed by atoms with Crippen molar-refractivity contribution in [3.05, 3.63) is 30.1 Å². The van der Waals surface area contributed by atoms with Crippen molar-refractivity contribution >= 4 is 12.0 Å². The van der Waals surface area contributed by atoms with Gasteiger partial charge in [-0.2, -0.15) is 0 Å². The molecule has 1 aromatic heterocycles. The Morgan fingerprint density at radius 1 is 1.42 bits per heavy atom. The summed E-state index contributed by atoms with van der Waals surface area (Å²) < 4.78 is 0. The zero-order valence-electron chi connectivity index (χ0n) is 5.97. The van der Waals surface area contributed by atoms with Crippen LogP contribution in [0, 0.1) is 0 Å². The molecule has 0 aliphatic carbocycles. The van der Waals surface area contributed by atoms with Crippen LogP contribution < -0.4 is 5.32 Å². The molecule has 0 saturated heterocycles. The lowest BCUT2D eigenvalue weighted by molar-refractivity contribution is 0.0938. The molecule has 0 aliphatic heterocycles. The summed E-state index contributed by atoms with van der Waals surface area (Å²) in [5, 5.41) is 10.9. The van der Waals surface area contributed by atoms with Gasteiger partial charge in [-0.1, -0.05) is 6.07 Å². The van der Waals surface area contributed by atoms with Crippen molar-refractivity contribution in [3.8, 4) is 0 Å². The third-order valence-corrected chi connectivity index (χ3v) is 1.08. The van der Waals surface area contributed by atoms with E-state index in [0.717, 1.165) is 0 Å². The predicted molar refractivity (Wildman–Crippen MR) is 38.7 cm³/mol. The van der Waals surface area contributed by atoms with Gasteiger partial charge in [0.05, 0.1) is 0 Å². The minimum Gasteiger partial charge on any atom is -0.463 e. The minimum absolute atomic E-state index is 0.0277. The van der Waals surface area contributed by atoms with Crippen LogP contribution in [0.15, 0.2) is 24.4 Å². The topological polar surface area (TPSA) is 81.4 Å². The van der Waals surface area contributed by atoms with Gasteiger partial charge in [-0.05, 0) is 12.1 Å². The Labute approximate surface area is 68.0 Å². The molecule has 0 saturated carbocycles. The van der Waals surface area contributed by atoms with Gasteiger partial charge in [0.1, 0.15) is 5.69 Å². The highest BCUT2D eigenvalue weighted by atomic mass is 16.4. The predicted octanol–water partition coefficient (Wildman–Crippen LogP) is 0.504. The lowest BCUT2D eigenvalue weighted by Gasteiger charge is -1.93. The van der Waals surface area contributed by atoms with Crippen molar-refractivity contribution in [1.29, 1.82) is 0 Å². The van der Waals surface area contributed by atoms with Gasteiger partial charge in [0.25, 0.3) is 0 Å². The number of carboxylic acid groups (broad SMARTS) is 1. The number of carbonyl (C=O) groups is 2. The number of rotatable bonds is 1. The maximum atomic E-state index is 10.8. The fourth-order valence-corrected chi connectivity index (χ4v) is 0.633. The molecule has 0 spiro atoms. The Morgan fingerprint density at radius 2 is 2.17 bits per heavy atom. The fraction of sp³-hybridized carbons (Fsp3) is 0. The first kappa shape index (κ1) is 8.19. The summed E-state index contributed by atoms with van der Waals surface area (Å²) >= 11 is 0. The number of pyridine rings is 1. The molecule has 1 heterocycles. The van der Waals surface area contributed by atoms with Crippen LogP contribution >= 0.6 is 0 Å². The Morgan fingerprint density at radius 3 is 2.67 bits per heavy atom. The van der Waals surface area contributed by atoms with Crippen molar-refractivity contribution in [1.82, 2.24) is 10.3 Å². The zero-order valence-corrected chi connectivity index (χ0v) is 5.97. The van der Waals surface area contributed by atoms with E-state index in [0.29, 0.717) is 0 Å². The summed E-state index contributed by atoms with van der Waals surface area (Å²) in [7, 11) is 0. The standard InChI is InChI=1S/C7H5N2O3/c10-6(9-7(11)12)5-3-1-2-4-8-5/h1-4H,(H,11,12). The maximum absolute atomic E-state index is 10.8. The first-order chi connectivity index (χ1) is 5.70. The van der Waals surface area contributed by atoms with E-state index < -0.39 is 12.0 Å². The summed E-state index contributed by atoms with van der Waals surface area (Å²) in [6.07, 6.45) is -0.115. The SMILES string of the molecule is O=C(O)[N]C(=O)c1ccccn1. The van der Waals surface area contributed by atoms with E-state index in [1.807, 2.05) is 0 Å². The molecule has 1 rings (SSSR count). The summed E-state index contributed by atoms with van der Waals surface area (Å²) in [6, 6.07) is 4.60. The van der Waals surface area contributed by atoms with Crippen molar-refractivity contribution in [3.63, 3.8) is 0 Å². The molecular formula is C7H5N2O3. The average Bonchev–Trinajstić information content (AvgIpc) is 2.05. The van der Waals surface area contributed by atoms with Crippen LogP contribution in [0.3, 0.4) is 0 Å². The third kappa shape index (κ3) is 2.05. The number of nitrogens with zero attached hydrogens (tertiary/aromatic N) is 2. The molecule has 5 nitrogen and oxygen atoms in total. The van der Waals surface area contributed by atoms with Crippen LogP contribution in [0.25, 0.3) is 0 Å². The molecule has 0 unspecified atom stereocenters. The van der Waals surface area contributed by atoms with E-state index in [4.69, 9.17) is 5.11 Å². The van der Waals surface area contributed by atoms with Gasteiger partial charge >= 0.3 is 12.0 Å². The number of amides is 2. The molecule has 1 aromatic rings. The van der Waals surface area contributed by atoms with Crippen LogP contribution in [-0.2, 0) is 0 Å². The Balaban J connectivity index is 2.73. The van der Waals surface area contributed by atoms with Gasteiger partial charge in [-0.25, -0.2) is 4.79 Å². The van der Waals surface area contributed by atoms with E-state index in [9.17, 15) is 9.59 Å².